The summed E-state index contributed by atoms with van der Waals surface area (Å²) >= 11 is 8.68. The molecule has 3 aromatic rings. The number of rotatable bonds is 1. The molecule has 0 unspecified atom stereocenters. The van der Waals surface area contributed by atoms with E-state index in [1.165, 1.54) is 19.8 Å². The zero-order valence-corrected chi connectivity index (χ0v) is 13.6. The van der Waals surface area contributed by atoms with Crippen molar-refractivity contribution >= 4 is 43.2 Å². The Morgan fingerprint density at radius 3 is 2.95 bits per heavy atom. The van der Waals surface area contributed by atoms with E-state index in [1.54, 1.807) is 11.3 Å². The van der Waals surface area contributed by atoms with Gasteiger partial charge in [-0.05, 0) is 50.1 Å². The van der Waals surface area contributed by atoms with Gasteiger partial charge in [-0.15, -0.1) is 11.3 Å². The Morgan fingerprint density at radius 1 is 1.26 bits per heavy atom. The largest absolute Gasteiger partial charge is 0.277 e. The summed E-state index contributed by atoms with van der Waals surface area (Å²) in [6.45, 7) is 0. The van der Waals surface area contributed by atoms with E-state index in [9.17, 15) is 0 Å². The average Bonchev–Trinajstić information content (AvgIpc) is 3.01. The van der Waals surface area contributed by atoms with E-state index in [0.717, 1.165) is 28.0 Å². The Balaban J connectivity index is 1.85. The van der Waals surface area contributed by atoms with Gasteiger partial charge in [-0.25, -0.2) is 4.98 Å². The van der Waals surface area contributed by atoms with Crippen molar-refractivity contribution in [3.05, 3.63) is 43.2 Å². The SMILES string of the molecule is Brc1ccc(-c2n[nH]c3c2Cc2sc(Br)cc2-3)cn1. The first-order chi connectivity index (χ1) is 9.22. The number of halogens is 2. The highest BCUT2D eigenvalue weighted by Gasteiger charge is 2.27. The van der Waals surface area contributed by atoms with E-state index in [0.29, 0.717) is 0 Å². The van der Waals surface area contributed by atoms with Crippen molar-refractivity contribution in [1.82, 2.24) is 15.2 Å². The van der Waals surface area contributed by atoms with Gasteiger partial charge < -0.3 is 0 Å². The summed E-state index contributed by atoms with van der Waals surface area (Å²) in [4.78, 5) is 5.66. The summed E-state index contributed by atoms with van der Waals surface area (Å²) in [6, 6.07) is 6.14. The van der Waals surface area contributed by atoms with Crippen molar-refractivity contribution in [2.75, 3.05) is 0 Å². The van der Waals surface area contributed by atoms with Crippen LogP contribution in [0.25, 0.3) is 22.5 Å². The first-order valence-electron chi connectivity index (χ1n) is 5.70. The van der Waals surface area contributed by atoms with Crippen LogP contribution in [0.4, 0.5) is 0 Å². The topological polar surface area (TPSA) is 41.6 Å². The van der Waals surface area contributed by atoms with Gasteiger partial charge in [-0.1, -0.05) is 0 Å². The molecule has 19 heavy (non-hydrogen) atoms. The van der Waals surface area contributed by atoms with Crippen molar-refractivity contribution in [1.29, 1.82) is 0 Å². The summed E-state index contributed by atoms with van der Waals surface area (Å²) in [5.41, 5.74) is 5.76. The molecule has 0 saturated carbocycles. The Hall–Kier alpha value is -0.980. The monoisotopic (exact) mass is 395 g/mol. The number of H-pyrrole nitrogens is 1. The Bertz CT molecular complexity index is 774. The second kappa shape index (κ2) is 4.26. The molecule has 4 rings (SSSR count). The van der Waals surface area contributed by atoms with Gasteiger partial charge in [0.05, 0.1) is 15.2 Å². The van der Waals surface area contributed by atoms with Gasteiger partial charge in [0, 0.05) is 34.2 Å². The van der Waals surface area contributed by atoms with Crippen molar-refractivity contribution < 1.29 is 0 Å². The fourth-order valence-electron chi connectivity index (χ4n) is 2.41. The second-order valence-corrected chi connectivity index (χ2v) is 7.69. The predicted octanol–water partition coefficient (Wildman–Crippen LogP) is 4.63. The summed E-state index contributed by atoms with van der Waals surface area (Å²) in [6.07, 6.45) is 2.80. The maximum absolute atomic E-state index is 4.45. The fourth-order valence-corrected chi connectivity index (χ4v) is 4.36. The van der Waals surface area contributed by atoms with E-state index in [1.807, 2.05) is 18.3 Å². The molecule has 0 spiro atoms. The van der Waals surface area contributed by atoms with Crippen LogP contribution in [0.15, 0.2) is 32.8 Å². The molecule has 0 atom stereocenters. The van der Waals surface area contributed by atoms with Gasteiger partial charge in [0.2, 0.25) is 0 Å². The molecular formula is C13H7Br2N3S. The van der Waals surface area contributed by atoms with Crippen LogP contribution in [0, 0.1) is 0 Å². The summed E-state index contributed by atoms with van der Waals surface area (Å²) < 4.78 is 2.01. The molecule has 0 saturated heterocycles. The first-order valence-corrected chi connectivity index (χ1v) is 8.10. The molecule has 1 aliphatic carbocycles. The molecule has 0 aromatic carbocycles. The fraction of sp³-hybridized carbons (Fsp3) is 0.0769. The van der Waals surface area contributed by atoms with E-state index in [2.05, 4.69) is 53.1 Å². The van der Waals surface area contributed by atoms with Crippen molar-refractivity contribution in [2.45, 2.75) is 6.42 Å². The van der Waals surface area contributed by atoms with Gasteiger partial charge >= 0.3 is 0 Å². The van der Waals surface area contributed by atoms with E-state index in [-0.39, 0.29) is 0 Å². The number of aromatic amines is 1. The minimum Gasteiger partial charge on any atom is -0.277 e. The highest BCUT2D eigenvalue weighted by atomic mass is 79.9. The van der Waals surface area contributed by atoms with Crippen LogP contribution in [-0.4, -0.2) is 15.2 Å². The normalized spacial score (nSPS) is 12.5. The molecule has 1 N–H and O–H groups in total. The minimum absolute atomic E-state index is 0.839. The standard InChI is InChI=1S/C13H7Br2N3S/c14-10-2-1-6(5-16-10)12-8-3-9-7(4-11(15)19-9)13(8)18-17-12/h1-2,4-5H,3H2,(H,17,18). The lowest BCUT2D eigenvalue weighted by Crippen LogP contribution is -1.86. The van der Waals surface area contributed by atoms with Gasteiger partial charge in [0.25, 0.3) is 0 Å². The van der Waals surface area contributed by atoms with Crippen molar-refractivity contribution in [3.8, 4) is 22.5 Å². The zero-order valence-electron chi connectivity index (χ0n) is 9.58. The van der Waals surface area contributed by atoms with Crippen LogP contribution in [-0.2, 0) is 6.42 Å². The highest BCUT2D eigenvalue weighted by molar-refractivity contribution is 9.11. The summed E-state index contributed by atoms with van der Waals surface area (Å²) in [7, 11) is 0. The molecule has 1 aliphatic rings. The number of thiophene rings is 1. The predicted molar refractivity (Wildman–Crippen MR) is 83.3 cm³/mol. The van der Waals surface area contributed by atoms with Crippen LogP contribution < -0.4 is 0 Å². The van der Waals surface area contributed by atoms with Crippen LogP contribution in [0.5, 0.6) is 0 Å². The third-order valence-corrected chi connectivity index (χ3v) is 5.36. The van der Waals surface area contributed by atoms with Crippen LogP contribution >= 0.6 is 43.2 Å². The second-order valence-electron chi connectivity index (χ2n) is 4.36. The molecule has 3 heterocycles. The number of hydrogen-bond donors (Lipinski definition) is 1. The van der Waals surface area contributed by atoms with E-state index >= 15 is 0 Å². The number of nitrogens with zero attached hydrogens (tertiary/aromatic N) is 2. The number of aromatic nitrogens is 3. The number of nitrogens with one attached hydrogen (secondary N) is 1. The first kappa shape index (κ1) is 11.8. The smallest absolute Gasteiger partial charge is 0.106 e. The molecule has 94 valence electrons. The summed E-state index contributed by atoms with van der Waals surface area (Å²) in [5.74, 6) is 0. The summed E-state index contributed by atoms with van der Waals surface area (Å²) in [5, 5.41) is 7.62. The van der Waals surface area contributed by atoms with Gasteiger partial charge in [-0.3, -0.25) is 5.10 Å². The quantitative estimate of drug-likeness (QED) is 0.476. The lowest BCUT2D eigenvalue weighted by Gasteiger charge is -1.99. The molecule has 0 radical (unpaired) electrons. The third-order valence-electron chi connectivity index (χ3n) is 3.25. The van der Waals surface area contributed by atoms with Gasteiger partial charge in [0.1, 0.15) is 4.60 Å². The van der Waals surface area contributed by atoms with Crippen LogP contribution in [0.3, 0.4) is 0 Å². The lowest BCUT2D eigenvalue weighted by molar-refractivity contribution is 1.09. The highest BCUT2D eigenvalue weighted by Crippen LogP contribution is 2.45. The van der Waals surface area contributed by atoms with E-state index < -0.39 is 0 Å². The molecule has 6 heteroatoms. The molecule has 0 bridgehead atoms. The van der Waals surface area contributed by atoms with Crippen molar-refractivity contribution in [3.63, 3.8) is 0 Å². The van der Waals surface area contributed by atoms with Gasteiger partial charge in [-0.2, -0.15) is 5.10 Å². The molecule has 3 aromatic heterocycles. The van der Waals surface area contributed by atoms with Crippen LogP contribution in [0.1, 0.15) is 10.4 Å². The Kier molecular flexibility index (Phi) is 2.65. The Labute approximate surface area is 130 Å². The molecule has 0 aliphatic heterocycles. The molecule has 3 nitrogen and oxygen atoms in total. The van der Waals surface area contributed by atoms with E-state index in [4.69, 9.17) is 0 Å². The molecule has 0 fully saturated rings. The number of pyridine rings is 1. The zero-order chi connectivity index (χ0) is 13.0. The third kappa shape index (κ3) is 1.81. The van der Waals surface area contributed by atoms with Crippen molar-refractivity contribution in [2.24, 2.45) is 0 Å². The number of hydrogen-bond acceptors (Lipinski definition) is 3. The Morgan fingerprint density at radius 2 is 2.16 bits per heavy atom. The maximum Gasteiger partial charge on any atom is 0.106 e. The lowest BCUT2D eigenvalue weighted by atomic mass is 10.1. The molecule has 0 amide bonds. The van der Waals surface area contributed by atoms with Gasteiger partial charge in [0.15, 0.2) is 0 Å². The maximum atomic E-state index is 4.45. The number of fused-ring (bicyclic) bond motifs is 3. The average molecular weight is 397 g/mol. The minimum atomic E-state index is 0.839. The van der Waals surface area contributed by atoms with Crippen LogP contribution in [0.2, 0.25) is 0 Å². The molecular weight excluding hydrogens is 390 g/mol.